The number of hydrogen-bond donors (Lipinski definition) is 1. The Balaban J connectivity index is 1.84. The number of rotatable bonds is 4. The average molecular weight is 366 g/mol. The van der Waals surface area contributed by atoms with Crippen molar-refractivity contribution in [3.63, 3.8) is 0 Å². The van der Waals surface area contributed by atoms with Gasteiger partial charge in [-0.1, -0.05) is 0 Å². The fourth-order valence-electron chi connectivity index (χ4n) is 1.89. The summed E-state index contributed by atoms with van der Waals surface area (Å²) in [7, 11) is 0. The van der Waals surface area contributed by atoms with Gasteiger partial charge in [-0.2, -0.15) is 13.2 Å². The predicted molar refractivity (Wildman–Crippen MR) is 84.3 cm³/mol. The van der Waals surface area contributed by atoms with Crippen molar-refractivity contribution in [2.75, 3.05) is 0 Å². The number of nitrogens with one attached hydrogen (secondary N) is 1. The molecule has 0 aliphatic heterocycles. The number of hydrogen-bond acceptors (Lipinski definition) is 6. The van der Waals surface area contributed by atoms with Gasteiger partial charge in [-0.25, -0.2) is 19.7 Å². The summed E-state index contributed by atoms with van der Waals surface area (Å²) >= 11 is -0.208. The summed E-state index contributed by atoms with van der Waals surface area (Å²) < 4.78 is 42.6. The summed E-state index contributed by atoms with van der Waals surface area (Å²) in [6.07, 6.45) is 5.58. The summed E-state index contributed by atoms with van der Waals surface area (Å²) in [5, 5.41) is 0. The molecule has 1 N–H and O–H groups in total. The number of halogens is 3. The molecule has 0 amide bonds. The van der Waals surface area contributed by atoms with Gasteiger partial charge < -0.3 is 9.72 Å². The zero-order valence-electron chi connectivity index (χ0n) is 12.3. The molecule has 0 radical (unpaired) electrons. The van der Waals surface area contributed by atoms with Gasteiger partial charge in [0.05, 0.1) is 0 Å². The summed E-state index contributed by atoms with van der Waals surface area (Å²) in [5.41, 5.74) is -4.04. The molecular weight excluding hydrogens is 357 g/mol. The van der Waals surface area contributed by atoms with Crippen LogP contribution in [0.2, 0.25) is 0 Å². The van der Waals surface area contributed by atoms with Crippen LogP contribution >= 0.6 is 11.8 Å². The quantitative estimate of drug-likeness (QED) is 0.710. The normalized spacial score (nSPS) is 11.3. The molecular formula is C15H9F3N4O2S. The molecule has 3 aromatic rings. The van der Waals surface area contributed by atoms with Crippen molar-refractivity contribution in [2.24, 2.45) is 0 Å². The molecule has 10 heteroatoms. The number of aromatic nitrogens is 4. The number of nitrogens with zero attached hydrogens (tertiary/aromatic N) is 3. The Morgan fingerprint density at radius 3 is 2.40 bits per heavy atom. The highest BCUT2D eigenvalue weighted by atomic mass is 32.2. The standard InChI is InChI=1S/C15H9F3N4O2S/c16-15(17,18)25-11-3-1-10(2-4-11)24-13-12(19-5-6-20-13)9-7-21-14(23)22-8-9/h1-8H,(H,21,22,23). The van der Waals surface area contributed by atoms with Crippen LogP contribution in [0.5, 0.6) is 11.6 Å². The van der Waals surface area contributed by atoms with E-state index < -0.39 is 11.2 Å². The van der Waals surface area contributed by atoms with Gasteiger partial charge in [-0.05, 0) is 36.0 Å². The number of H-pyrrole nitrogens is 1. The van der Waals surface area contributed by atoms with Crippen molar-refractivity contribution in [2.45, 2.75) is 10.4 Å². The maximum atomic E-state index is 12.3. The highest BCUT2D eigenvalue weighted by Crippen LogP contribution is 2.37. The smallest absolute Gasteiger partial charge is 0.437 e. The van der Waals surface area contributed by atoms with E-state index in [0.717, 1.165) is 0 Å². The Morgan fingerprint density at radius 1 is 1.04 bits per heavy atom. The average Bonchev–Trinajstić information content (AvgIpc) is 2.57. The molecule has 25 heavy (non-hydrogen) atoms. The number of ether oxygens (including phenoxy) is 1. The first-order valence-corrected chi connectivity index (χ1v) is 7.62. The van der Waals surface area contributed by atoms with Crippen LogP contribution in [0.3, 0.4) is 0 Å². The Hall–Kier alpha value is -2.88. The second-order valence-corrected chi connectivity index (χ2v) is 5.78. The zero-order chi connectivity index (χ0) is 17.9. The van der Waals surface area contributed by atoms with Gasteiger partial charge in [-0.15, -0.1) is 0 Å². The van der Waals surface area contributed by atoms with Crippen LogP contribution in [0.4, 0.5) is 13.2 Å². The second kappa shape index (κ2) is 6.93. The van der Waals surface area contributed by atoms with Crippen LogP contribution in [-0.2, 0) is 0 Å². The first-order chi connectivity index (χ1) is 11.9. The van der Waals surface area contributed by atoms with Gasteiger partial charge in [0.1, 0.15) is 11.4 Å². The molecule has 128 valence electrons. The number of aromatic amines is 1. The lowest BCUT2D eigenvalue weighted by Crippen LogP contribution is -2.08. The lowest BCUT2D eigenvalue weighted by molar-refractivity contribution is -0.0328. The fourth-order valence-corrected chi connectivity index (χ4v) is 2.43. The zero-order valence-corrected chi connectivity index (χ0v) is 13.1. The SMILES string of the molecule is O=c1ncc(-c2nccnc2Oc2ccc(SC(F)(F)F)cc2)c[nH]1. The van der Waals surface area contributed by atoms with Crippen molar-refractivity contribution in [1.82, 2.24) is 19.9 Å². The van der Waals surface area contributed by atoms with Crippen molar-refractivity contribution in [1.29, 1.82) is 0 Å². The van der Waals surface area contributed by atoms with E-state index in [9.17, 15) is 18.0 Å². The van der Waals surface area contributed by atoms with Gasteiger partial charge in [0.25, 0.3) is 0 Å². The maximum Gasteiger partial charge on any atom is 0.446 e. The topological polar surface area (TPSA) is 80.8 Å². The minimum absolute atomic E-state index is 0.0454. The highest BCUT2D eigenvalue weighted by Gasteiger charge is 2.29. The number of benzene rings is 1. The van der Waals surface area contributed by atoms with E-state index in [1.807, 2.05) is 0 Å². The van der Waals surface area contributed by atoms with E-state index in [-0.39, 0.29) is 22.5 Å². The molecule has 3 rings (SSSR count). The lowest BCUT2D eigenvalue weighted by atomic mass is 10.2. The van der Waals surface area contributed by atoms with Crippen LogP contribution in [0.15, 0.2) is 58.7 Å². The highest BCUT2D eigenvalue weighted by molar-refractivity contribution is 8.00. The van der Waals surface area contributed by atoms with E-state index in [4.69, 9.17) is 4.74 Å². The molecule has 6 nitrogen and oxygen atoms in total. The minimum atomic E-state index is -4.35. The van der Waals surface area contributed by atoms with Gasteiger partial charge in [0.2, 0.25) is 5.88 Å². The number of thioether (sulfide) groups is 1. The van der Waals surface area contributed by atoms with E-state index in [1.54, 1.807) is 0 Å². The molecule has 0 unspecified atom stereocenters. The van der Waals surface area contributed by atoms with Crippen molar-refractivity contribution < 1.29 is 17.9 Å². The molecule has 0 fully saturated rings. The third-order valence-electron chi connectivity index (χ3n) is 2.88. The van der Waals surface area contributed by atoms with Gasteiger partial charge >= 0.3 is 11.2 Å². The van der Waals surface area contributed by atoms with Crippen molar-refractivity contribution in [3.8, 4) is 22.9 Å². The van der Waals surface area contributed by atoms with Crippen LogP contribution in [-0.4, -0.2) is 25.4 Å². The molecule has 0 saturated carbocycles. The van der Waals surface area contributed by atoms with E-state index >= 15 is 0 Å². The summed E-state index contributed by atoms with van der Waals surface area (Å²) in [5.74, 6) is 0.429. The minimum Gasteiger partial charge on any atom is -0.437 e. The van der Waals surface area contributed by atoms with Gasteiger partial charge in [0, 0.05) is 35.2 Å². The Morgan fingerprint density at radius 2 is 1.76 bits per heavy atom. The number of alkyl halides is 3. The van der Waals surface area contributed by atoms with E-state index in [0.29, 0.717) is 17.0 Å². The third kappa shape index (κ3) is 4.57. The molecule has 0 saturated heterocycles. The summed E-state index contributed by atoms with van der Waals surface area (Å²) in [4.78, 5) is 25.3. The fraction of sp³-hybridized carbons (Fsp3) is 0.0667. The largest absolute Gasteiger partial charge is 0.446 e. The van der Waals surface area contributed by atoms with Crippen molar-refractivity contribution >= 4 is 11.8 Å². The summed E-state index contributed by atoms with van der Waals surface area (Å²) in [6.45, 7) is 0. The third-order valence-corrected chi connectivity index (χ3v) is 3.62. The van der Waals surface area contributed by atoms with Crippen LogP contribution < -0.4 is 10.4 Å². The van der Waals surface area contributed by atoms with Gasteiger partial charge in [-0.3, -0.25) is 0 Å². The predicted octanol–water partition coefficient (Wildman–Crippen LogP) is 3.63. The monoisotopic (exact) mass is 366 g/mol. The van der Waals surface area contributed by atoms with Crippen LogP contribution in [0.1, 0.15) is 0 Å². The first kappa shape index (κ1) is 17.0. The van der Waals surface area contributed by atoms with E-state index in [1.165, 1.54) is 49.1 Å². The Kier molecular flexibility index (Phi) is 4.70. The Labute approximate surface area is 143 Å². The molecule has 0 bridgehead atoms. The molecule has 0 atom stereocenters. The molecule has 1 aromatic carbocycles. The lowest BCUT2D eigenvalue weighted by Gasteiger charge is -2.10. The Bertz CT molecular complexity index is 909. The maximum absolute atomic E-state index is 12.3. The molecule has 0 spiro atoms. The second-order valence-electron chi connectivity index (χ2n) is 4.64. The van der Waals surface area contributed by atoms with Crippen molar-refractivity contribution in [3.05, 3.63) is 59.5 Å². The molecule has 2 heterocycles. The van der Waals surface area contributed by atoms with Crippen LogP contribution in [0, 0.1) is 0 Å². The van der Waals surface area contributed by atoms with E-state index in [2.05, 4.69) is 19.9 Å². The first-order valence-electron chi connectivity index (χ1n) is 6.80. The summed E-state index contributed by atoms with van der Waals surface area (Å²) in [6, 6.07) is 5.39. The molecule has 0 aliphatic carbocycles. The van der Waals surface area contributed by atoms with Crippen LogP contribution in [0.25, 0.3) is 11.3 Å². The molecule has 0 aliphatic rings. The molecule has 2 aromatic heterocycles. The van der Waals surface area contributed by atoms with Gasteiger partial charge in [0.15, 0.2) is 0 Å².